The summed E-state index contributed by atoms with van der Waals surface area (Å²) in [5, 5.41) is 3.12. The van der Waals surface area contributed by atoms with Gasteiger partial charge < -0.3 is 14.8 Å². The molecule has 0 unspecified atom stereocenters. The van der Waals surface area contributed by atoms with E-state index < -0.39 is 30.8 Å². The molecule has 0 aliphatic carbocycles. The van der Waals surface area contributed by atoms with Crippen LogP contribution in [0.5, 0.6) is 11.5 Å². The lowest BCUT2D eigenvalue weighted by Crippen LogP contribution is -2.45. The van der Waals surface area contributed by atoms with Gasteiger partial charge in [-0.1, -0.05) is 6.07 Å². The van der Waals surface area contributed by atoms with Crippen LogP contribution in [0.2, 0.25) is 0 Å². The summed E-state index contributed by atoms with van der Waals surface area (Å²) in [5.74, 6) is -0.412. The molecule has 0 amide bonds. The molecule has 10 heteroatoms. The van der Waals surface area contributed by atoms with Crippen LogP contribution in [0.4, 0.5) is 26.3 Å². The third kappa shape index (κ3) is 6.24. The number of hydrogen-bond acceptors (Lipinski definition) is 4. The number of nitrogens with one attached hydrogen (secondary N) is 1. The average Bonchev–Trinajstić information content (AvgIpc) is 2.54. The monoisotopic (exact) mass is 386 g/mol. The van der Waals surface area contributed by atoms with E-state index in [9.17, 15) is 26.3 Å². The molecule has 148 valence electrons. The third-order valence-corrected chi connectivity index (χ3v) is 4.09. The molecular formula is C16H20F6N2O2. The highest BCUT2D eigenvalue weighted by Crippen LogP contribution is 2.38. The van der Waals surface area contributed by atoms with E-state index in [1.807, 2.05) is 4.90 Å². The van der Waals surface area contributed by atoms with Crippen molar-refractivity contribution in [3.8, 4) is 11.5 Å². The number of halogens is 6. The lowest BCUT2D eigenvalue weighted by Gasteiger charge is -2.36. The van der Waals surface area contributed by atoms with E-state index in [4.69, 9.17) is 4.74 Å². The molecule has 1 aromatic carbocycles. The minimum Gasteiger partial charge on any atom is -0.496 e. The Kier molecular flexibility index (Phi) is 6.62. The summed E-state index contributed by atoms with van der Waals surface area (Å²) < 4.78 is 84.3. The summed E-state index contributed by atoms with van der Waals surface area (Å²) in [7, 11) is 1.26. The summed E-state index contributed by atoms with van der Waals surface area (Å²) >= 11 is 0. The number of benzene rings is 1. The average molecular weight is 386 g/mol. The van der Waals surface area contributed by atoms with Crippen LogP contribution in [0, 0.1) is 0 Å². The fourth-order valence-corrected chi connectivity index (χ4v) is 2.99. The van der Waals surface area contributed by atoms with Crippen LogP contribution in [0.3, 0.4) is 0 Å². The quantitative estimate of drug-likeness (QED) is 0.753. The van der Waals surface area contributed by atoms with Crippen molar-refractivity contribution in [2.24, 2.45) is 0 Å². The first-order valence-corrected chi connectivity index (χ1v) is 8.04. The Morgan fingerprint density at radius 3 is 2.31 bits per heavy atom. The van der Waals surface area contributed by atoms with Crippen LogP contribution < -0.4 is 14.8 Å². The van der Waals surface area contributed by atoms with Crippen molar-refractivity contribution in [2.75, 3.05) is 33.3 Å². The van der Waals surface area contributed by atoms with Gasteiger partial charge in [0.15, 0.2) is 0 Å². The molecule has 1 saturated heterocycles. The zero-order chi connectivity index (χ0) is 19.4. The van der Waals surface area contributed by atoms with Gasteiger partial charge in [0.1, 0.15) is 11.5 Å². The van der Waals surface area contributed by atoms with Gasteiger partial charge in [0.25, 0.3) is 0 Å². The lowest BCUT2D eigenvalue weighted by molar-refractivity contribution is -0.274. The lowest BCUT2D eigenvalue weighted by atomic mass is 9.98. The maximum atomic E-state index is 12.7. The smallest absolute Gasteiger partial charge is 0.496 e. The molecule has 0 aromatic heterocycles. The number of methoxy groups -OCH3 is 1. The summed E-state index contributed by atoms with van der Waals surface area (Å²) in [6, 6.07) is 2.86. The van der Waals surface area contributed by atoms with Gasteiger partial charge in [-0.3, -0.25) is 4.90 Å². The molecule has 0 bridgehead atoms. The summed E-state index contributed by atoms with van der Waals surface area (Å²) in [6.45, 7) is 2.32. The highest BCUT2D eigenvalue weighted by Gasteiger charge is 2.34. The molecule has 1 fully saturated rings. The SMILES string of the molecule is COc1cc(OC(F)(F)F)ccc1[C@H](CCC(F)(F)F)N1CCNCC1. The molecule has 1 atom stereocenters. The van der Waals surface area contributed by atoms with E-state index in [0.29, 0.717) is 31.7 Å². The van der Waals surface area contributed by atoms with Crippen LogP contribution in [0.1, 0.15) is 24.4 Å². The Labute approximate surface area is 147 Å². The predicted octanol–water partition coefficient (Wildman–Crippen LogP) is 3.88. The van der Waals surface area contributed by atoms with Crippen molar-refractivity contribution in [3.63, 3.8) is 0 Å². The Hall–Kier alpha value is -1.68. The van der Waals surface area contributed by atoms with Crippen LogP contribution in [-0.4, -0.2) is 50.7 Å². The van der Waals surface area contributed by atoms with Gasteiger partial charge in [-0.05, 0) is 12.5 Å². The van der Waals surface area contributed by atoms with Crippen LogP contribution >= 0.6 is 0 Å². The zero-order valence-corrected chi connectivity index (χ0v) is 14.1. The third-order valence-electron chi connectivity index (χ3n) is 4.09. The number of hydrogen-bond donors (Lipinski definition) is 1. The minimum absolute atomic E-state index is 0.0671. The van der Waals surface area contributed by atoms with E-state index in [0.717, 1.165) is 12.1 Å². The topological polar surface area (TPSA) is 33.7 Å². The first-order valence-electron chi connectivity index (χ1n) is 8.04. The van der Waals surface area contributed by atoms with Gasteiger partial charge in [0.05, 0.1) is 7.11 Å². The van der Waals surface area contributed by atoms with Gasteiger partial charge in [-0.15, -0.1) is 13.2 Å². The molecule has 0 saturated carbocycles. The van der Waals surface area contributed by atoms with Gasteiger partial charge in [0.2, 0.25) is 0 Å². The number of piperazine rings is 1. The maximum absolute atomic E-state index is 12.7. The second kappa shape index (κ2) is 8.34. The second-order valence-electron chi connectivity index (χ2n) is 5.91. The number of rotatable bonds is 6. The van der Waals surface area contributed by atoms with Crippen molar-refractivity contribution < 1.29 is 35.8 Å². The summed E-state index contributed by atoms with van der Waals surface area (Å²) in [5.41, 5.74) is 0.410. The molecule has 1 N–H and O–H groups in total. The molecule has 1 aliphatic rings. The van der Waals surface area contributed by atoms with Gasteiger partial charge >= 0.3 is 12.5 Å². The Balaban J connectivity index is 2.29. The fourth-order valence-electron chi connectivity index (χ4n) is 2.99. The second-order valence-corrected chi connectivity index (χ2v) is 5.91. The van der Waals surface area contributed by atoms with Crippen molar-refractivity contribution in [1.29, 1.82) is 0 Å². The Morgan fingerprint density at radius 1 is 1.12 bits per heavy atom. The summed E-state index contributed by atoms with van der Waals surface area (Å²) in [4.78, 5) is 1.88. The molecule has 4 nitrogen and oxygen atoms in total. The van der Waals surface area contributed by atoms with E-state index in [2.05, 4.69) is 10.1 Å². The number of nitrogens with zero attached hydrogens (tertiary/aromatic N) is 1. The number of alkyl halides is 6. The van der Waals surface area contributed by atoms with E-state index in [-0.39, 0.29) is 12.2 Å². The van der Waals surface area contributed by atoms with Crippen LogP contribution in [0.15, 0.2) is 18.2 Å². The number of ether oxygens (including phenoxy) is 2. The first kappa shape index (κ1) is 20.6. The first-order chi connectivity index (χ1) is 12.1. The predicted molar refractivity (Wildman–Crippen MR) is 82.1 cm³/mol. The highest BCUT2D eigenvalue weighted by atomic mass is 19.4. The molecule has 1 aromatic rings. The highest BCUT2D eigenvalue weighted by molar-refractivity contribution is 5.42. The van der Waals surface area contributed by atoms with Crippen molar-refractivity contribution in [3.05, 3.63) is 23.8 Å². The standard InChI is InChI=1S/C16H20F6N2O2/c1-25-14-10-11(26-16(20,21)22)2-3-12(14)13(4-5-15(17,18)19)24-8-6-23-7-9-24/h2-3,10,13,23H,4-9H2,1H3/t13-/m0/s1. The van der Waals surface area contributed by atoms with Crippen molar-refractivity contribution >= 4 is 0 Å². The molecule has 1 aliphatic heterocycles. The van der Waals surface area contributed by atoms with E-state index in [1.165, 1.54) is 13.2 Å². The Morgan fingerprint density at radius 2 is 1.77 bits per heavy atom. The van der Waals surface area contributed by atoms with Gasteiger partial charge in [0, 0.05) is 50.3 Å². The Bertz CT molecular complexity index is 585. The van der Waals surface area contributed by atoms with Crippen LogP contribution in [0.25, 0.3) is 0 Å². The molecular weight excluding hydrogens is 366 g/mol. The molecule has 2 rings (SSSR count). The zero-order valence-electron chi connectivity index (χ0n) is 14.1. The van der Waals surface area contributed by atoms with Gasteiger partial charge in [-0.2, -0.15) is 13.2 Å². The van der Waals surface area contributed by atoms with Crippen molar-refractivity contribution in [1.82, 2.24) is 10.2 Å². The maximum Gasteiger partial charge on any atom is 0.573 e. The minimum atomic E-state index is -4.86. The largest absolute Gasteiger partial charge is 0.573 e. The molecule has 0 spiro atoms. The van der Waals surface area contributed by atoms with Crippen LogP contribution in [-0.2, 0) is 0 Å². The van der Waals surface area contributed by atoms with E-state index >= 15 is 0 Å². The molecule has 1 heterocycles. The molecule has 26 heavy (non-hydrogen) atoms. The summed E-state index contributed by atoms with van der Waals surface area (Å²) in [6.07, 6.45) is -10.4. The van der Waals surface area contributed by atoms with Gasteiger partial charge in [-0.25, -0.2) is 0 Å². The fraction of sp³-hybridized carbons (Fsp3) is 0.625. The normalized spacial score (nSPS) is 17.8. The molecule has 0 radical (unpaired) electrons. The van der Waals surface area contributed by atoms with Crippen molar-refractivity contribution in [2.45, 2.75) is 31.4 Å². The van der Waals surface area contributed by atoms with E-state index in [1.54, 1.807) is 0 Å².